The number of ether oxygens (including phenoxy) is 3. The number of imide groups is 1. The van der Waals surface area contributed by atoms with Gasteiger partial charge >= 0.3 is 10.8 Å². The number of rotatable bonds is 8. The maximum atomic E-state index is 14.0. The minimum atomic E-state index is -0.759. The van der Waals surface area contributed by atoms with Crippen LogP contribution in [-0.4, -0.2) is 41.7 Å². The normalized spacial score (nSPS) is 19.1. The Kier molecular flexibility index (Phi) is 7.85. The van der Waals surface area contributed by atoms with Gasteiger partial charge in [-0.1, -0.05) is 59.0 Å². The second kappa shape index (κ2) is 11.7. The number of aryl methyl sites for hydroxylation is 1. The Morgan fingerprint density at radius 2 is 1.77 bits per heavy atom. The van der Waals surface area contributed by atoms with Crippen LogP contribution in [0.1, 0.15) is 44.8 Å². The Morgan fingerprint density at radius 3 is 2.49 bits per heavy atom. The van der Waals surface area contributed by atoms with E-state index in [1.54, 1.807) is 32.2 Å². The van der Waals surface area contributed by atoms with Crippen LogP contribution >= 0.6 is 23.1 Å². The molecule has 2 unspecified atom stereocenters. The number of hydrogen-bond acceptors (Lipinski definition) is 9. The Morgan fingerprint density at radius 1 is 0.977 bits per heavy atom. The number of aromatic nitrogens is 1. The predicted molar refractivity (Wildman–Crippen MR) is 163 cm³/mol. The molecule has 2 aliphatic rings. The summed E-state index contributed by atoms with van der Waals surface area (Å²) < 4.78 is 16.8. The molecule has 3 heterocycles. The lowest BCUT2D eigenvalue weighted by Gasteiger charge is -2.30. The summed E-state index contributed by atoms with van der Waals surface area (Å²) in [6.07, 6.45) is 0. The van der Waals surface area contributed by atoms with E-state index >= 15 is 0 Å². The van der Waals surface area contributed by atoms with Crippen LogP contribution in [-0.2, 0) is 20.9 Å². The standard InChI is InChI=1S/C32H28N2O7S2/c1-4-40-31(37)19-8-11-21(12-9-19)34-29(35)25-24(26-28(33-32(38)43-26)42-27(25)30(34)36)20-10-13-22(23(15-20)39-3)41-16-18-7-5-6-17(2)14-18/h5-15,24-25,27H,4,16H2,1-3H3,(H,33,38)/t24-,25?,27?/m1/s1. The van der Waals surface area contributed by atoms with Gasteiger partial charge in [0.15, 0.2) is 11.5 Å². The van der Waals surface area contributed by atoms with Gasteiger partial charge in [-0.25, -0.2) is 9.69 Å². The van der Waals surface area contributed by atoms with Crippen molar-refractivity contribution in [3.05, 3.63) is 104 Å². The molecule has 3 atom stereocenters. The molecule has 1 fully saturated rings. The fourth-order valence-corrected chi connectivity index (χ4v) is 8.07. The SMILES string of the molecule is CCOC(=O)c1ccc(N2C(=O)C3Sc4[nH]c(=O)sc4[C@H](c4ccc(OCc5cccc(C)c5)c(OC)c4)C3C2=O)cc1. The topological polar surface area (TPSA) is 115 Å². The van der Waals surface area contributed by atoms with Crippen molar-refractivity contribution < 1.29 is 28.6 Å². The first-order valence-corrected chi connectivity index (χ1v) is 15.4. The summed E-state index contributed by atoms with van der Waals surface area (Å²) in [4.78, 5) is 56.8. The number of aromatic amines is 1. The van der Waals surface area contributed by atoms with Gasteiger partial charge < -0.3 is 19.2 Å². The first-order valence-electron chi connectivity index (χ1n) is 13.7. The number of fused-ring (bicyclic) bond motifs is 2. The second-order valence-corrected chi connectivity index (χ2v) is 12.4. The van der Waals surface area contributed by atoms with Crippen molar-refractivity contribution >= 4 is 46.6 Å². The minimum Gasteiger partial charge on any atom is -0.493 e. The molecule has 9 nitrogen and oxygen atoms in total. The molecule has 2 amide bonds. The molecule has 220 valence electrons. The van der Waals surface area contributed by atoms with Gasteiger partial charge in [-0.2, -0.15) is 0 Å². The van der Waals surface area contributed by atoms with Gasteiger partial charge in [-0.3, -0.25) is 14.4 Å². The second-order valence-electron chi connectivity index (χ2n) is 10.2. The number of nitrogens with one attached hydrogen (secondary N) is 1. The molecule has 43 heavy (non-hydrogen) atoms. The van der Waals surface area contributed by atoms with Crippen molar-refractivity contribution in [1.82, 2.24) is 4.98 Å². The number of esters is 1. The van der Waals surface area contributed by atoms with E-state index in [1.165, 1.54) is 28.8 Å². The van der Waals surface area contributed by atoms with Gasteiger partial charge in [-0.15, -0.1) is 0 Å². The summed E-state index contributed by atoms with van der Waals surface area (Å²) in [5, 5.41) is -0.163. The molecular formula is C32H28N2O7S2. The van der Waals surface area contributed by atoms with E-state index in [1.807, 2.05) is 37.3 Å². The highest BCUT2D eigenvalue weighted by molar-refractivity contribution is 8.00. The highest BCUT2D eigenvalue weighted by atomic mass is 32.2. The first kappa shape index (κ1) is 28.8. The molecular weight excluding hydrogens is 588 g/mol. The largest absolute Gasteiger partial charge is 0.493 e. The van der Waals surface area contributed by atoms with Gasteiger partial charge in [0, 0.05) is 10.8 Å². The average molecular weight is 617 g/mol. The van der Waals surface area contributed by atoms with Crippen LogP contribution in [0.25, 0.3) is 0 Å². The fourth-order valence-electron chi connectivity index (χ4n) is 5.55. The minimum absolute atomic E-state index is 0.239. The molecule has 1 saturated heterocycles. The zero-order valence-electron chi connectivity index (χ0n) is 23.6. The predicted octanol–water partition coefficient (Wildman–Crippen LogP) is 5.30. The summed E-state index contributed by atoms with van der Waals surface area (Å²) >= 11 is 2.25. The number of methoxy groups -OCH3 is 1. The van der Waals surface area contributed by atoms with E-state index < -0.39 is 23.1 Å². The molecule has 1 N–H and O–H groups in total. The Hall–Kier alpha value is -4.35. The number of anilines is 1. The molecule has 11 heteroatoms. The molecule has 0 bridgehead atoms. The summed E-state index contributed by atoms with van der Waals surface area (Å²) in [5.74, 6) is -1.54. The zero-order valence-corrected chi connectivity index (χ0v) is 25.3. The van der Waals surface area contributed by atoms with E-state index in [9.17, 15) is 19.2 Å². The molecule has 4 aromatic rings. The number of thiazole rings is 1. The smallest absolute Gasteiger partial charge is 0.338 e. The molecule has 0 radical (unpaired) electrons. The molecule has 1 aromatic heterocycles. The van der Waals surface area contributed by atoms with E-state index in [2.05, 4.69) is 11.1 Å². The van der Waals surface area contributed by atoms with Crippen LogP contribution in [0.2, 0.25) is 0 Å². The summed E-state index contributed by atoms with van der Waals surface area (Å²) in [6, 6.07) is 19.7. The highest BCUT2D eigenvalue weighted by Crippen LogP contribution is 2.53. The Bertz CT molecular complexity index is 1780. The van der Waals surface area contributed by atoms with Gasteiger partial charge in [0.1, 0.15) is 11.9 Å². The van der Waals surface area contributed by atoms with E-state index in [0.29, 0.717) is 39.3 Å². The molecule has 0 spiro atoms. The van der Waals surface area contributed by atoms with E-state index in [0.717, 1.165) is 28.0 Å². The number of amides is 2. The highest BCUT2D eigenvalue weighted by Gasteiger charge is 2.56. The molecule has 2 aliphatic heterocycles. The third-order valence-electron chi connectivity index (χ3n) is 7.48. The van der Waals surface area contributed by atoms with Crippen LogP contribution < -0.4 is 19.2 Å². The van der Waals surface area contributed by atoms with Gasteiger partial charge in [0.25, 0.3) is 0 Å². The van der Waals surface area contributed by atoms with Crippen molar-refractivity contribution in [3.8, 4) is 11.5 Å². The van der Waals surface area contributed by atoms with Crippen LogP contribution in [0.4, 0.5) is 5.69 Å². The van der Waals surface area contributed by atoms with Crippen molar-refractivity contribution in [2.75, 3.05) is 18.6 Å². The fraction of sp³-hybridized carbons (Fsp3) is 0.250. The number of thioether (sulfide) groups is 1. The number of benzene rings is 3. The first-order chi connectivity index (χ1) is 20.8. The van der Waals surface area contributed by atoms with E-state index in [-0.39, 0.29) is 23.3 Å². The van der Waals surface area contributed by atoms with Gasteiger partial charge in [-0.05, 0) is 61.4 Å². The monoisotopic (exact) mass is 616 g/mol. The lowest BCUT2D eigenvalue weighted by atomic mass is 9.83. The number of nitrogens with zero attached hydrogens (tertiary/aromatic N) is 1. The number of hydrogen-bond donors (Lipinski definition) is 1. The molecule has 0 saturated carbocycles. The quantitative estimate of drug-likeness (QED) is 0.209. The average Bonchev–Trinajstić information content (AvgIpc) is 3.50. The van der Waals surface area contributed by atoms with Crippen LogP contribution in [0, 0.1) is 12.8 Å². The summed E-state index contributed by atoms with van der Waals surface area (Å²) in [6.45, 7) is 4.33. The van der Waals surface area contributed by atoms with Crippen molar-refractivity contribution in [1.29, 1.82) is 0 Å². The van der Waals surface area contributed by atoms with E-state index in [4.69, 9.17) is 14.2 Å². The summed E-state index contributed by atoms with van der Waals surface area (Å²) in [5.41, 5.74) is 3.57. The molecule has 6 rings (SSSR count). The Labute approximate surface area is 255 Å². The van der Waals surface area contributed by atoms with Crippen molar-refractivity contribution in [2.45, 2.75) is 36.6 Å². The van der Waals surface area contributed by atoms with Gasteiger partial charge in [0.2, 0.25) is 11.8 Å². The maximum Gasteiger partial charge on any atom is 0.338 e. The lowest BCUT2D eigenvalue weighted by molar-refractivity contribution is -0.122. The maximum absolute atomic E-state index is 14.0. The number of carbonyl (C=O) groups is 3. The number of H-pyrrole nitrogens is 1. The van der Waals surface area contributed by atoms with Crippen molar-refractivity contribution in [2.24, 2.45) is 5.92 Å². The third kappa shape index (κ3) is 5.34. The Balaban J connectivity index is 1.34. The van der Waals surface area contributed by atoms with Gasteiger partial charge in [0.05, 0.1) is 35.9 Å². The zero-order chi connectivity index (χ0) is 30.2. The van der Waals surface area contributed by atoms with Crippen LogP contribution in [0.15, 0.2) is 76.6 Å². The molecule has 0 aliphatic carbocycles. The number of carbonyl (C=O) groups excluding carboxylic acids is 3. The molecule has 3 aromatic carbocycles. The van der Waals surface area contributed by atoms with Crippen molar-refractivity contribution in [3.63, 3.8) is 0 Å². The van der Waals surface area contributed by atoms with Crippen LogP contribution in [0.3, 0.4) is 0 Å². The summed E-state index contributed by atoms with van der Waals surface area (Å²) in [7, 11) is 1.55. The third-order valence-corrected chi connectivity index (χ3v) is 9.89. The lowest BCUT2D eigenvalue weighted by Crippen LogP contribution is -2.32. The van der Waals surface area contributed by atoms with Crippen LogP contribution in [0.5, 0.6) is 11.5 Å².